The molecule has 0 atom stereocenters. The zero-order valence-electron chi connectivity index (χ0n) is 17.9. The summed E-state index contributed by atoms with van der Waals surface area (Å²) in [5, 5.41) is 5.53. The number of amides is 2. The topological polar surface area (TPSA) is 93.7 Å². The number of hydrogen-bond acceptors (Lipinski definition) is 5. The summed E-state index contributed by atoms with van der Waals surface area (Å²) in [4.78, 5) is 36.3. The first kappa shape index (κ1) is 22.6. The van der Waals surface area contributed by atoms with E-state index in [-0.39, 0.29) is 18.3 Å². The molecular weight excluding hydrogens is 408 g/mol. The van der Waals surface area contributed by atoms with Gasteiger partial charge in [0.05, 0.1) is 11.4 Å². The second-order valence-electron chi connectivity index (χ2n) is 6.92. The Balaban J connectivity index is 1.66. The Bertz CT molecular complexity index is 1130. The number of nitrogens with one attached hydrogen (secondary N) is 2. The van der Waals surface area contributed by atoms with Crippen LogP contribution in [0.3, 0.4) is 0 Å². The Labute approximate surface area is 186 Å². The minimum Gasteiger partial charge on any atom is -0.483 e. The molecule has 0 bridgehead atoms. The molecule has 164 valence electrons. The van der Waals surface area contributed by atoms with Crippen LogP contribution in [0.4, 0.5) is 11.4 Å². The number of esters is 1. The molecule has 2 N–H and O–H groups in total. The lowest BCUT2D eigenvalue weighted by Gasteiger charge is -2.14. The van der Waals surface area contributed by atoms with Crippen LogP contribution in [-0.2, 0) is 16.0 Å². The van der Waals surface area contributed by atoms with E-state index in [9.17, 15) is 14.4 Å². The number of benzene rings is 3. The SMILES string of the molecule is CCc1ccccc1OCC(=O)Nc1ccccc1NC(=O)c1cccc(OC(C)=O)c1. The maximum Gasteiger partial charge on any atom is 0.308 e. The predicted molar refractivity (Wildman–Crippen MR) is 122 cm³/mol. The molecular formula is C25H24N2O5. The average Bonchev–Trinajstić information content (AvgIpc) is 2.79. The minimum atomic E-state index is -0.473. The van der Waals surface area contributed by atoms with E-state index >= 15 is 0 Å². The molecule has 0 saturated heterocycles. The Kier molecular flexibility index (Phi) is 7.59. The normalized spacial score (nSPS) is 10.2. The summed E-state index contributed by atoms with van der Waals surface area (Å²) < 4.78 is 10.7. The van der Waals surface area contributed by atoms with Crippen molar-refractivity contribution in [2.45, 2.75) is 20.3 Å². The van der Waals surface area contributed by atoms with Gasteiger partial charge in [0.2, 0.25) is 0 Å². The number of rotatable bonds is 8. The Morgan fingerprint density at radius 2 is 1.53 bits per heavy atom. The van der Waals surface area contributed by atoms with Gasteiger partial charge in [-0.05, 0) is 48.4 Å². The number of carbonyl (C=O) groups is 3. The summed E-state index contributed by atoms with van der Waals surface area (Å²) in [6, 6.07) is 20.7. The fraction of sp³-hybridized carbons (Fsp3) is 0.160. The van der Waals surface area contributed by atoms with Crippen molar-refractivity contribution >= 4 is 29.2 Å². The smallest absolute Gasteiger partial charge is 0.308 e. The molecule has 0 aliphatic rings. The Morgan fingerprint density at radius 1 is 0.844 bits per heavy atom. The molecule has 0 unspecified atom stereocenters. The standard InChI is InChI=1S/C25H24N2O5/c1-3-18-9-4-7-14-23(18)31-16-24(29)26-21-12-5-6-13-22(21)27-25(30)19-10-8-11-20(15-19)32-17(2)28/h4-15H,3,16H2,1-2H3,(H,26,29)(H,27,30). The van der Waals surface area contributed by atoms with Crippen LogP contribution in [0.15, 0.2) is 72.8 Å². The number of anilines is 2. The molecule has 3 aromatic carbocycles. The molecule has 7 nitrogen and oxygen atoms in total. The third-order valence-electron chi connectivity index (χ3n) is 4.52. The van der Waals surface area contributed by atoms with Gasteiger partial charge in [-0.15, -0.1) is 0 Å². The molecule has 0 fully saturated rings. The summed E-state index contributed by atoms with van der Waals surface area (Å²) in [6.07, 6.45) is 0.797. The second kappa shape index (κ2) is 10.8. The quantitative estimate of drug-likeness (QED) is 0.405. The average molecular weight is 432 g/mol. The van der Waals surface area contributed by atoms with E-state index in [1.54, 1.807) is 42.5 Å². The highest BCUT2D eigenvalue weighted by molar-refractivity contribution is 6.07. The van der Waals surface area contributed by atoms with Gasteiger partial charge in [-0.2, -0.15) is 0 Å². The molecule has 0 aliphatic carbocycles. The van der Waals surface area contributed by atoms with Crippen LogP contribution in [0, 0.1) is 0 Å². The van der Waals surface area contributed by atoms with Crippen molar-refractivity contribution in [1.82, 2.24) is 0 Å². The number of ether oxygens (including phenoxy) is 2. The van der Waals surface area contributed by atoms with Gasteiger partial charge in [0.25, 0.3) is 11.8 Å². The van der Waals surface area contributed by atoms with Crippen LogP contribution in [0.5, 0.6) is 11.5 Å². The zero-order chi connectivity index (χ0) is 22.9. The van der Waals surface area contributed by atoms with Crippen molar-refractivity contribution in [1.29, 1.82) is 0 Å². The first-order valence-electron chi connectivity index (χ1n) is 10.2. The number of para-hydroxylation sites is 3. The lowest BCUT2D eigenvalue weighted by molar-refractivity contribution is -0.131. The summed E-state index contributed by atoms with van der Waals surface area (Å²) in [7, 11) is 0. The summed E-state index contributed by atoms with van der Waals surface area (Å²) in [5.41, 5.74) is 2.19. The van der Waals surface area contributed by atoms with E-state index in [0.717, 1.165) is 12.0 Å². The molecule has 0 heterocycles. The number of hydrogen-bond donors (Lipinski definition) is 2. The van der Waals surface area contributed by atoms with Crippen molar-refractivity contribution in [2.24, 2.45) is 0 Å². The predicted octanol–water partition coefficient (Wildman–Crippen LogP) is 4.44. The van der Waals surface area contributed by atoms with Gasteiger partial charge < -0.3 is 20.1 Å². The summed E-state index contributed by atoms with van der Waals surface area (Å²) >= 11 is 0. The molecule has 0 aromatic heterocycles. The fourth-order valence-corrected chi connectivity index (χ4v) is 3.03. The summed E-state index contributed by atoms with van der Waals surface area (Å²) in [5.74, 6) is -0.293. The molecule has 32 heavy (non-hydrogen) atoms. The fourth-order valence-electron chi connectivity index (χ4n) is 3.03. The van der Waals surface area contributed by atoms with Crippen molar-refractivity contribution in [2.75, 3.05) is 17.2 Å². The number of aryl methyl sites for hydroxylation is 1. The van der Waals surface area contributed by atoms with Crippen molar-refractivity contribution < 1.29 is 23.9 Å². The largest absolute Gasteiger partial charge is 0.483 e. The molecule has 0 aliphatic heterocycles. The number of carbonyl (C=O) groups excluding carboxylic acids is 3. The van der Waals surface area contributed by atoms with Gasteiger partial charge in [0.1, 0.15) is 11.5 Å². The third-order valence-corrected chi connectivity index (χ3v) is 4.52. The monoisotopic (exact) mass is 432 g/mol. The van der Waals surface area contributed by atoms with Gasteiger partial charge in [0.15, 0.2) is 6.61 Å². The maximum atomic E-state index is 12.7. The Hall–Kier alpha value is -4.13. The maximum absolute atomic E-state index is 12.7. The van der Waals surface area contributed by atoms with E-state index in [2.05, 4.69) is 10.6 Å². The van der Waals surface area contributed by atoms with E-state index < -0.39 is 11.9 Å². The van der Waals surface area contributed by atoms with Crippen LogP contribution in [-0.4, -0.2) is 24.4 Å². The van der Waals surface area contributed by atoms with Gasteiger partial charge in [0, 0.05) is 12.5 Å². The molecule has 3 aromatic rings. The van der Waals surface area contributed by atoms with Crippen LogP contribution >= 0.6 is 0 Å². The first-order chi connectivity index (χ1) is 15.5. The zero-order valence-corrected chi connectivity index (χ0v) is 17.9. The van der Waals surface area contributed by atoms with Crippen LogP contribution < -0.4 is 20.1 Å². The van der Waals surface area contributed by atoms with Crippen LogP contribution in [0.2, 0.25) is 0 Å². The summed E-state index contributed by atoms with van der Waals surface area (Å²) in [6.45, 7) is 3.14. The highest BCUT2D eigenvalue weighted by Crippen LogP contribution is 2.23. The highest BCUT2D eigenvalue weighted by Gasteiger charge is 2.13. The van der Waals surface area contributed by atoms with Gasteiger partial charge in [-0.25, -0.2) is 0 Å². The lowest BCUT2D eigenvalue weighted by Crippen LogP contribution is -2.22. The van der Waals surface area contributed by atoms with Crippen LogP contribution in [0.1, 0.15) is 29.8 Å². The van der Waals surface area contributed by atoms with E-state index in [4.69, 9.17) is 9.47 Å². The van der Waals surface area contributed by atoms with Crippen molar-refractivity contribution in [3.8, 4) is 11.5 Å². The Morgan fingerprint density at radius 3 is 2.25 bits per heavy atom. The van der Waals surface area contributed by atoms with Gasteiger partial charge in [-0.1, -0.05) is 43.3 Å². The third kappa shape index (κ3) is 6.18. The van der Waals surface area contributed by atoms with E-state index in [0.29, 0.717) is 22.7 Å². The van der Waals surface area contributed by atoms with E-state index in [1.807, 2.05) is 31.2 Å². The van der Waals surface area contributed by atoms with E-state index in [1.165, 1.54) is 13.0 Å². The molecule has 2 amide bonds. The van der Waals surface area contributed by atoms with Crippen molar-refractivity contribution in [3.05, 3.63) is 83.9 Å². The highest BCUT2D eigenvalue weighted by atomic mass is 16.5. The first-order valence-corrected chi connectivity index (χ1v) is 10.2. The second-order valence-corrected chi connectivity index (χ2v) is 6.92. The molecule has 7 heteroatoms. The lowest BCUT2D eigenvalue weighted by atomic mass is 10.1. The van der Waals surface area contributed by atoms with Gasteiger partial charge >= 0.3 is 5.97 Å². The molecule has 0 saturated carbocycles. The molecule has 3 rings (SSSR count). The molecule has 0 radical (unpaired) electrons. The van der Waals surface area contributed by atoms with Crippen LogP contribution in [0.25, 0.3) is 0 Å². The van der Waals surface area contributed by atoms with Gasteiger partial charge in [-0.3, -0.25) is 14.4 Å². The van der Waals surface area contributed by atoms with Crippen molar-refractivity contribution in [3.63, 3.8) is 0 Å². The minimum absolute atomic E-state index is 0.163. The molecule has 0 spiro atoms.